The molecule has 0 unspecified atom stereocenters. The number of phenols is 1. The summed E-state index contributed by atoms with van der Waals surface area (Å²) < 4.78 is 4.95. The fourth-order valence-electron chi connectivity index (χ4n) is 2.76. The number of Topliss-reactive ketones (excluding diaryl/α,β-unsaturated/α-hetero) is 1. The van der Waals surface area contributed by atoms with Gasteiger partial charge in [-0.3, -0.25) is 4.79 Å². The van der Waals surface area contributed by atoms with E-state index in [0.29, 0.717) is 17.7 Å². The Labute approximate surface area is 158 Å². The third kappa shape index (κ3) is 4.61. The van der Waals surface area contributed by atoms with Gasteiger partial charge >= 0.3 is 5.97 Å². The van der Waals surface area contributed by atoms with Gasteiger partial charge in [0.25, 0.3) is 0 Å². The fraction of sp³-hybridized carbons (Fsp3) is 0.130. The summed E-state index contributed by atoms with van der Waals surface area (Å²) in [5.41, 5.74) is 3.90. The van der Waals surface area contributed by atoms with Crippen molar-refractivity contribution in [1.29, 1.82) is 0 Å². The van der Waals surface area contributed by atoms with Crippen molar-refractivity contribution in [1.82, 2.24) is 0 Å². The van der Waals surface area contributed by atoms with Crippen molar-refractivity contribution >= 4 is 11.8 Å². The van der Waals surface area contributed by atoms with Crippen LogP contribution in [0.5, 0.6) is 5.75 Å². The van der Waals surface area contributed by atoms with Gasteiger partial charge in [0.05, 0.1) is 12.2 Å². The van der Waals surface area contributed by atoms with Crippen molar-refractivity contribution in [2.24, 2.45) is 0 Å². The van der Waals surface area contributed by atoms with Crippen LogP contribution in [0.4, 0.5) is 0 Å². The number of ether oxygens (including phenoxy) is 1. The minimum atomic E-state index is -0.361. The molecule has 0 amide bonds. The third-order valence-corrected chi connectivity index (χ3v) is 4.24. The summed E-state index contributed by atoms with van der Waals surface area (Å²) in [6, 6.07) is 21.2. The maximum absolute atomic E-state index is 12.5. The molecule has 0 aliphatic heterocycles. The van der Waals surface area contributed by atoms with Crippen molar-refractivity contribution in [3.63, 3.8) is 0 Å². The lowest BCUT2D eigenvalue weighted by molar-refractivity contribution is 0.0526. The van der Waals surface area contributed by atoms with E-state index in [1.54, 1.807) is 55.5 Å². The molecule has 3 aromatic rings. The van der Waals surface area contributed by atoms with Gasteiger partial charge in [-0.05, 0) is 47.9 Å². The van der Waals surface area contributed by atoms with Crippen LogP contribution < -0.4 is 0 Å². The Balaban J connectivity index is 1.67. The zero-order chi connectivity index (χ0) is 19.2. The van der Waals surface area contributed by atoms with Crippen LogP contribution in [0.3, 0.4) is 0 Å². The number of aromatic hydroxyl groups is 1. The SMILES string of the molecule is CCOC(=O)c1ccc(CC(=O)c2ccc(-c3ccc(O)cc3)cc2)cc1. The van der Waals surface area contributed by atoms with Gasteiger partial charge in [-0.2, -0.15) is 0 Å². The molecule has 0 aliphatic rings. The quantitative estimate of drug-likeness (QED) is 0.513. The van der Waals surface area contributed by atoms with E-state index in [2.05, 4.69) is 0 Å². The van der Waals surface area contributed by atoms with Crippen LogP contribution in [-0.4, -0.2) is 23.5 Å². The second-order valence-electron chi connectivity index (χ2n) is 6.14. The number of carbonyl (C=O) groups is 2. The first-order valence-electron chi connectivity index (χ1n) is 8.75. The normalized spacial score (nSPS) is 10.4. The highest BCUT2D eigenvalue weighted by Crippen LogP contribution is 2.22. The van der Waals surface area contributed by atoms with Crippen LogP contribution >= 0.6 is 0 Å². The molecule has 1 N–H and O–H groups in total. The third-order valence-electron chi connectivity index (χ3n) is 4.24. The number of ketones is 1. The van der Waals surface area contributed by atoms with Crippen LogP contribution in [-0.2, 0) is 11.2 Å². The van der Waals surface area contributed by atoms with E-state index in [-0.39, 0.29) is 23.9 Å². The summed E-state index contributed by atoms with van der Waals surface area (Å²) in [5.74, 6) is -0.129. The molecule has 0 bridgehead atoms. The molecule has 0 saturated carbocycles. The minimum absolute atomic E-state index is 0.0103. The summed E-state index contributed by atoms with van der Waals surface area (Å²) >= 11 is 0. The first kappa shape index (κ1) is 18.4. The second-order valence-corrected chi connectivity index (χ2v) is 6.14. The average molecular weight is 360 g/mol. The molecule has 0 fully saturated rings. The molecule has 4 heteroatoms. The Bertz CT molecular complexity index is 924. The molecule has 0 radical (unpaired) electrons. The Morgan fingerprint density at radius 3 is 1.85 bits per heavy atom. The van der Waals surface area contributed by atoms with Crippen molar-refractivity contribution in [3.8, 4) is 16.9 Å². The molecule has 0 heterocycles. The van der Waals surface area contributed by atoms with E-state index in [1.807, 2.05) is 24.3 Å². The highest BCUT2D eigenvalue weighted by molar-refractivity contribution is 5.98. The number of rotatable bonds is 6. The maximum Gasteiger partial charge on any atom is 0.338 e. The molecule has 4 nitrogen and oxygen atoms in total. The van der Waals surface area contributed by atoms with Gasteiger partial charge in [0.1, 0.15) is 5.75 Å². The monoisotopic (exact) mass is 360 g/mol. The predicted molar refractivity (Wildman–Crippen MR) is 104 cm³/mol. The molecule has 0 atom stereocenters. The first-order chi connectivity index (χ1) is 13.1. The van der Waals surface area contributed by atoms with E-state index in [4.69, 9.17) is 4.74 Å². The Morgan fingerprint density at radius 1 is 0.778 bits per heavy atom. The largest absolute Gasteiger partial charge is 0.508 e. The minimum Gasteiger partial charge on any atom is -0.508 e. The zero-order valence-corrected chi connectivity index (χ0v) is 15.0. The van der Waals surface area contributed by atoms with E-state index in [0.717, 1.165) is 16.7 Å². The van der Waals surface area contributed by atoms with Crippen molar-refractivity contribution in [2.75, 3.05) is 6.61 Å². The van der Waals surface area contributed by atoms with Crippen LogP contribution in [0, 0.1) is 0 Å². The van der Waals surface area contributed by atoms with Gasteiger partial charge in [0.15, 0.2) is 5.78 Å². The lowest BCUT2D eigenvalue weighted by atomic mass is 9.99. The molecule has 0 aliphatic carbocycles. The van der Waals surface area contributed by atoms with Gasteiger partial charge in [-0.15, -0.1) is 0 Å². The highest BCUT2D eigenvalue weighted by Gasteiger charge is 2.10. The average Bonchev–Trinajstić information content (AvgIpc) is 2.69. The molecule has 0 aromatic heterocycles. The van der Waals surface area contributed by atoms with Gasteiger partial charge in [-0.1, -0.05) is 48.5 Å². The second kappa shape index (κ2) is 8.32. The van der Waals surface area contributed by atoms with Gasteiger partial charge < -0.3 is 9.84 Å². The van der Waals surface area contributed by atoms with E-state index in [1.165, 1.54) is 0 Å². The van der Waals surface area contributed by atoms with Crippen LogP contribution in [0.1, 0.15) is 33.2 Å². The zero-order valence-electron chi connectivity index (χ0n) is 15.0. The van der Waals surface area contributed by atoms with Crippen LogP contribution in [0.2, 0.25) is 0 Å². The summed E-state index contributed by atoms with van der Waals surface area (Å²) in [7, 11) is 0. The number of esters is 1. The summed E-state index contributed by atoms with van der Waals surface area (Å²) in [6.07, 6.45) is 0.266. The maximum atomic E-state index is 12.5. The standard InChI is InChI=1S/C23H20O4/c1-2-27-23(26)20-5-3-16(4-6-20)15-22(25)19-9-7-17(8-10-19)18-11-13-21(24)14-12-18/h3-14,24H,2,15H2,1H3. The molecule has 3 aromatic carbocycles. The molecule has 0 saturated heterocycles. The molecule has 0 spiro atoms. The van der Waals surface area contributed by atoms with Gasteiger partial charge in [-0.25, -0.2) is 4.79 Å². The molecule has 136 valence electrons. The number of hydrogen-bond acceptors (Lipinski definition) is 4. The van der Waals surface area contributed by atoms with Gasteiger partial charge in [0.2, 0.25) is 0 Å². The van der Waals surface area contributed by atoms with Crippen molar-refractivity contribution in [3.05, 3.63) is 89.5 Å². The van der Waals surface area contributed by atoms with Crippen molar-refractivity contribution < 1.29 is 19.4 Å². The topological polar surface area (TPSA) is 63.6 Å². The first-order valence-corrected chi connectivity index (χ1v) is 8.75. The Hall–Kier alpha value is -3.40. The predicted octanol–water partition coefficient (Wildman–Crippen LogP) is 4.66. The number of benzene rings is 3. The highest BCUT2D eigenvalue weighted by atomic mass is 16.5. The molecule has 27 heavy (non-hydrogen) atoms. The van der Waals surface area contributed by atoms with Gasteiger partial charge in [0, 0.05) is 12.0 Å². The van der Waals surface area contributed by atoms with Crippen LogP contribution in [0.25, 0.3) is 11.1 Å². The molecule has 3 rings (SSSR count). The van der Waals surface area contributed by atoms with Crippen LogP contribution in [0.15, 0.2) is 72.8 Å². The van der Waals surface area contributed by atoms with Crippen molar-refractivity contribution in [2.45, 2.75) is 13.3 Å². The summed E-state index contributed by atoms with van der Waals surface area (Å²) in [6.45, 7) is 2.09. The number of hydrogen-bond donors (Lipinski definition) is 1. The fourth-order valence-corrected chi connectivity index (χ4v) is 2.76. The lowest BCUT2D eigenvalue weighted by Gasteiger charge is -2.06. The lowest BCUT2D eigenvalue weighted by Crippen LogP contribution is -2.06. The van der Waals surface area contributed by atoms with E-state index >= 15 is 0 Å². The number of phenolic OH excluding ortho intramolecular Hbond substituents is 1. The molecular formula is C23H20O4. The summed E-state index contributed by atoms with van der Waals surface area (Å²) in [5, 5.41) is 9.36. The Kier molecular flexibility index (Phi) is 5.67. The summed E-state index contributed by atoms with van der Waals surface area (Å²) in [4.78, 5) is 24.2. The molecular weight excluding hydrogens is 340 g/mol. The van der Waals surface area contributed by atoms with E-state index < -0.39 is 0 Å². The smallest absolute Gasteiger partial charge is 0.338 e. The van der Waals surface area contributed by atoms with E-state index in [9.17, 15) is 14.7 Å². The number of carbonyl (C=O) groups excluding carboxylic acids is 2. The Morgan fingerprint density at radius 2 is 1.30 bits per heavy atom.